The Morgan fingerprint density at radius 1 is 0.933 bits per heavy atom. The molecular formula is C15H11. The molecule has 0 fully saturated rings. The van der Waals surface area contributed by atoms with Crippen molar-refractivity contribution < 1.29 is 0 Å². The van der Waals surface area contributed by atoms with Crippen LogP contribution in [0.15, 0.2) is 48.5 Å². The van der Waals surface area contributed by atoms with Crippen molar-refractivity contribution >= 4 is 21.5 Å². The van der Waals surface area contributed by atoms with Gasteiger partial charge >= 0.3 is 0 Å². The van der Waals surface area contributed by atoms with Crippen LogP contribution in [0, 0.1) is 13.0 Å². The molecule has 3 aromatic carbocycles. The van der Waals surface area contributed by atoms with E-state index in [1.807, 2.05) is 12.1 Å². The van der Waals surface area contributed by atoms with Gasteiger partial charge in [-0.25, -0.2) is 0 Å². The minimum Gasteiger partial charge on any atom is -0.0614 e. The fourth-order valence-corrected chi connectivity index (χ4v) is 2.06. The van der Waals surface area contributed by atoms with Crippen LogP contribution in [0.1, 0.15) is 5.56 Å². The van der Waals surface area contributed by atoms with Crippen molar-refractivity contribution in [3.63, 3.8) is 0 Å². The third-order valence-electron chi connectivity index (χ3n) is 2.90. The smallest absolute Gasteiger partial charge is 0.0148 e. The zero-order chi connectivity index (χ0) is 10.3. The summed E-state index contributed by atoms with van der Waals surface area (Å²) < 4.78 is 0. The minimum atomic E-state index is 1.26. The monoisotopic (exact) mass is 191 g/mol. The summed E-state index contributed by atoms with van der Waals surface area (Å²) in [6.07, 6.45) is 0. The molecule has 3 aromatic rings. The van der Waals surface area contributed by atoms with Gasteiger partial charge in [0.15, 0.2) is 0 Å². The Balaban J connectivity index is 2.53. The predicted octanol–water partition coefficient (Wildman–Crippen LogP) is 4.10. The van der Waals surface area contributed by atoms with E-state index in [4.69, 9.17) is 0 Å². The highest BCUT2D eigenvalue weighted by Gasteiger charge is 1.98. The summed E-state index contributed by atoms with van der Waals surface area (Å²) in [6.45, 7) is 2.15. The normalized spacial score (nSPS) is 11.0. The molecular weight excluding hydrogens is 180 g/mol. The van der Waals surface area contributed by atoms with Gasteiger partial charge < -0.3 is 0 Å². The fourth-order valence-electron chi connectivity index (χ4n) is 2.06. The van der Waals surface area contributed by atoms with Gasteiger partial charge in [0, 0.05) is 0 Å². The highest BCUT2D eigenvalue weighted by Crippen LogP contribution is 2.24. The zero-order valence-electron chi connectivity index (χ0n) is 8.62. The van der Waals surface area contributed by atoms with Gasteiger partial charge in [-0.15, -0.1) is 0 Å². The first-order chi connectivity index (χ1) is 7.34. The zero-order valence-corrected chi connectivity index (χ0v) is 8.62. The molecule has 0 unspecified atom stereocenters. The molecule has 0 nitrogen and oxygen atoms in total. The maximum absolute atomic E-state index is 3.12. The molecule has 15 heavy (non-hydrogen) atoms. The molecule has 71 valence electrons. The van der Waals surface area contributed by atoms with E-state index < -0.39 is 0 Å². The molecule has 0 atom stereocenters. The molecule has 0 aromatic heterocycles. The maximum atomic E-state index is 3.12. The van der Waals surface area contributed by atoms with Gasteiger partial charge in [-0.2, -0.15) is 0 Å². The van der Waals surface area contributed by atoms with Crippen LogP contribution in [-0.2, 0) is 0 Å². The Kier molecular flexibility index (Phi) is 1.75. The molecule has 0 spiro atoms. The number of hydrogen-bond acceptors (Lipinski definition) is 0. The van der Waals surface area contributed by atoms with E-state index in [9.17, 15) is 0 Å². The molecule has 0 amide bonds. The number of hydrogen-bond donors (Lipinski definition) is 0. The third-order valence-corrected chi connectivity index (χ3v) is 2.90. The van der Waals surface area contributed by atoms with Crippen molar-refractivity contribution in [2.24, 2.45) is 0 Å². The Morgan fingerprint density at radius 3 is 2.80 bits per heavy atom. The van der Waals surface area contributed by atoms with Crippen molar-refractivity contribution in [3.8, 4) is 0 Å². The van der Waals surface area contributed by atoms with Crippen molar-refractivity contribution in [3.05, 3.63) is 60.2 Å². The van der Waals surface area contributed by atoms with Gasteiger partial charge in [-0.05, 0) is 58.3 Å². The summed E-state index contributed by atoms with van der Waals surface area (Å²) >= 11 is 0. The van der Waals surface area contributed by atoms with E-state index in [0.717, 1.165) is 0 Å². The van der Waals surface area contributed by atoms with Crippen LogP contribution in [0.5, 0.6) is 0 Å². The van der Waals surface area contributed by atoms with E-state index in [-0.39, 0.29) is 0 Å². The number of aryl methyl sites for hydroxylation is 1. The van der Waals surface area contributed by atoms with Crippen molar-refractivity contribution in [2.45, 2.75) is 6.92 Å². The summed E-state index contributed by atoms with van der Waals surface area (Å²) in [6, 6.07) is 20.1. The predicted molar refractivity (Wildman–Crippen MR) is 65.0 cm³/mol. The molecule has 0 heteroatoms. The first-order valence-corrected chi connectivity index (χ1v) is 5.14. The Labute approximate surface area is 89.2 Å². The van der Waals surface area contributed by atoms with Crippen LogP contribution in [0.2, 0.25) is 0 Å². The summed E-state index contributed by atoms with van der Waals surface area (Å²) in [4.78, 5) is 0. The summed E-state index contributed by atoms with van der Waals surface area (Å²) in [5.74, 6) is 0. The van der Waals surface area contributed by atoms with Gasteiger partial charge in [-0.1, -0.05) is 30.3 Å². The van der Waals surface area contributed by atoms with Crippen LogP contribution in [0.3, 0.4) is 0 Å². The Bertz CT molecular complexity index is 636. The Hall–Kier alpha value is -1.82. The standard InChI is InChI=1S/C15H11/c1-11-5-4-8-14-9-12-6-2-3-7-13(12)10-15(11)14/h2,4-10H,1H3. The van der Waals surface area contributed by atoms with E-state index in [1.165, 1.54) is 27.1 Å². The van der Waals surface area contributed by atoms with Crippen molar-refractivity contribution in [2.75, 3.05) is 0 Å². The van der Waals surface area contributed by atoms with Gasteiger partial charge in [0.25, 0.3) is 0 Å². The highest BCUT2D eigenvalue weighted by molar-refractivity contribution is 5.99. The second-order valence-corrected chi connectivity index (χ2v) is 3.92. The Morgan fingerprint density at radius 2 is 1.87 bits per heavy atom. The fraction of sp³-hybridized carbons (Fsp3) is 0.0667. The molecule has 1 radical (unpaired) electrons. The summed E-state index contributed by atoms with van der Waals surface area (Å²) in [5, 5.41) is 5.20. The minimum absolute atomic E-state index is 1.26. The van der Waals surface area contributed by atoms with Crippen molar-refractivity contribution in [1.82, 2.24) is 0 Å². The van der Waals surface area contributed by atoms with E-state index in [1.54, 1.807) is 0 Å². The van der Waals surface area contributed by atoms with Gasteiger partial charge in [0.2, 0.25) is 0 Å². The molecule has 0 saturated carbocycles. The van der Waals surface area contributed by atoms with E-state index in [2.05, 4.69) is 49.4 Å². The van der Waals surface area contributed by atoms with Crippen LogP contribution in [0.25, 0.3) is 21.5 Å². The van der Waals surface area contributed by atoms with Crippen LogP contribution in [0.4, 0.5) is 0 Å². The molecule has 0 N–H and O–H groups in total. The van der Waals surface area contributed by atoms with Crippen molar-refractivity contribution in [1.29, 1.82) is 0 Å². The summed E-state index contributed by atoms with van der Waals surface area (Å²) in [7, 11) is 0. The lowest BCUT2D eigenvalue weighted by Crippen LogP contribution is -1.79. The van der Waals surface area contributed by atoms with E-state index >= 15 is 0 Å². The summed E-state index contributed by atoms with van der Waals surface area (Å²) in [5.41, 5.74) is 1.33. The lowest BCUT2D eigenvalue weighted by atomic mass is 10.0. The molecule has 0 aliphatic carbocycles. The largest absolute Gasteiger partial charge is 0.0614 e. The van der Waals surface area contributed by atoms with Crippen LogP contribution in [-0.4, -0.2) is 0 Å². The molecule has 0 aliphatic heterocycles. The van der Waals surface area contributed by atoms with Crippen LogP contribution >= 0.6 is 0 Å². The number of benzene rings is 3. The molecule has 0 aliphatic rings. The number of fused-ring (bicyclic) bond motifs is 2. The number of rotatable bonds is 0. The lowest BCUT2D eigenvalue weighted by molar-refractivity contribution is 1.54. The molecule has 0 saturated heterocycles. The SMILES string of the molecule is Cc1cccc2cc3cc[c]cc3cc12. The highest BCUT2D eigenvalue weighted by atomic mass is 14.0. The second-order valence-electron chi connectivity index (χ2n) is 3.92. The van der Waals surface area contributed by atoms with Gasteiger partial charge in [-0.3, -0.25) is 0 Å². The quantitative estimate of drug-likeness (QED) is 0.469. The van der Waals surface area contributed by atoms with Crippen LogP contribution < -0.4 is 0 Å². The molecule has 0 bridgehead atoms. The maximum Gasteiger partial charge on any atom is -0.0148 e. The van der Waals surface area contributed by atoms with Gasteiger partial charge in [0.05, 0.1) is 0 Å². The average Bonchev–Trinajstić information content (AvgIpc) is 2.27. The first-order valence-electron chi connectivity index (χ1n) is 5.14. The first kappa shape index (κ1) is 8.49. The lowest BCUT2D eigenvalue weighted by Gasteiger charge is -2.04. The second kappa shape index (κ2) is 3.09. The molecule has 0 heterocycles. The average molecular weight is 191 g/mol. The van der Waals surface area contributed by atoms with E-state index in [0.29, 0.717) is 0 Å². The topological polar surface area (TPSA) is 0 Å². The molecule has 3 rings (SSSR count). The third kappa shape index (κ3) is 1.30. The van der Waals surface area contributed by atoms with Gasteiger partial charge in [0.1, 0.15) is 0 Å².